The van der Waals surface area contributed by atoms with Crippen molar-refractivity contribution >= 4 is 11.8 Å². The monoisotopic (exact) mass is 240 g/mol. The zero-order valence-corrected chi connectivity index (χ0v) is 10.3. The number of rotatable bonds is 4. The first-order valence-corrected chi connectivity index (χ1v) is 6.23. The highest BCUT2D eigenvalue weighted by Crippen LogP contribution is 2.32. The highest BCUT2D eigenvalue weighted by molar-refractivity contribution is 5.84. The lowest BCUT2D eigenvalue weighted by atomic mass is 9.77. The molecule has 2 rings (SSSR count). The van der Waals surface area contributed by atoms with Crippen LogP contribution in [0.5, 0.6) is 0 Å². The summed E-state index contributed by atoms with van der Waals surface area (Å²) in [6.45, 7) is 1.05. The van der Waals surface area contributed by atoms with Crippen molar-refractivity contribution in [3.63, 3.8) is 0 Å². The molecule has 2 N–H and O–H groups in total. The first-order valence-electron chi connectivity index (χ1n) is 6.23. The van der Waals surface area contributed by atoms with E-state index < -0.39 is 0 Å². The van der Waals surface area contributed by atoms with E-state index in [2.05, 4.69) is 10.6 Å². The minimum absolute atomic E-state index is 0.0456. The van der Waals surface area contributed by atoms with Crippen LogP contribution in [0.4, 0.5) is 0 Å². The van der Waals surface area contributed by atoms with Gasteiger partial charge >= 0.3 is 0 Å². The number of methoxy groups -OCH3 is 1. The molecular weight excluding hydrogens is 220 g/mol. The lowest BCUT2D eigenvalue weighted by Crippen LogP contribution is -2.59. The van der Waals surface area contributed by atoms with Crippen molar-refractivity contribution in [2.45, 2.75) is 37.6 Å². The van der Waals surface area contributed by atoms with Crippen molar-refractivity contribution in [3.05, 3.63) is 0 Å². The predicted octanol–water partition coefficient (Wildman–Crippen LogP) is 0.198. The van der Waals surface area contributed by atoms with Crippen molar-refractivity contribution in [1.82, 2.24) is 10.6 Å². The number of ether oxygens (including phenoxy) is 1. The fourth-order valence-electron chi connectivity index (χ4n) is 2.51. The average Bonchev–Trinajstić information content (AvgIpc) is 2.27. The van der Waals surface area contributed by atoms with Crippen LogP contribution in [-0.4, -0.2) is 37.6 Å². The van der Waals surface area contributed by atoms with Crippen molar-refractivity contribution in [1.29, 1.82) is 0 Å². The molecule has 2 amide bonds. The molecule has 2 fully saturated rings. The third-order valence-corrected chi connectivity index (χ3v) is 3.76. The second-order valence-electron chi connectivity index (χ2n) is 5.10. The summed E-state index contributed by atoms with van der Waals surface area (Å²) in [5.74, 6) is 0.0214. The number of carbonyl (C=O) groups is 2. The van der Waals surface area contributed by atoms with Crippen molar-refractivity contribution < 1.29 is 14.3 Å². The summed E-state index contributed by atoms with van der Waals surface area (Å²) in [7, 11) is 1.66. The zero-order valence-electron chi connectivity index (χ0n) is 10.3. The Morgan fingerprint density at radius 1 is 1.59 bits per heavy atom. The fraction of sp³-hybridized carbons (Fsp3) is 0.833. The van der Waals surface area contributed by atoms with Gasteiger partial charge in [-0.05, 0) is 25.7 Å². The predicted molar refractivity (Wildman–Crippen MR) is 62.3 cm³/mol. The van der Waals surface area contributed by atoms with Crippen LogP contribution in [0.25, 0.3) is 0 Å². The third kappa shape index (κ3) is 2.77. The Morgan fingerprint density at radius 3 is 2.82 bits per heavy atom. The molecule has 2 aliphatic rings. The molecule has 1 aliphatic heterocycles. The lowest BCUT2D eigenvalue weighted by Gasteiger charge is -2.43. The Hall–Kier alpha value is -1.10. The highest BCUT2D eigenvalue weighted by Gasteiger charge is 2.40. The van der Waals surface area contributed by atoms with E-state index in [-0.39, 0.29) is 23.3 Å². The Bertz CT molecular complexity index is 303. The molecule has 17 heavy (non-hydrogen) atoms. The molecule has 5 heteroatoms. The topological polar surface area (TPSA) is 67.4 Å². The summed E-state index contributed by atoms with van der Waals surface area (Å²) in [6.07, 6.45) is 4.23. The minimum Gasteiger partial charge on any atom is -0.382 e. The molecule has 1 aliphatic carbocycles. The number of carbonyl (C=O) groups excluding carboxylic acids is 2. The molecule has 96 valence electrons. The number of nitrogens with one attached hydrogen (secondary N) is 2. The van der Waals surface area contributed by atoms with E-state index in [1.807, 2.05) is 0 Å². The molecule has 5 nitrogen and oxygen atoms in total. The summed E-state index contributed by atoms with van der Waals surface area (Å²) >= 11 is 0. The van der Waals surface area contributed by atoms with Gasteiger partial charge in [-0.3, -0.25) is 9.59 Å². The Labute approximate surface area is 101 Å². The maximum Gasteiger partial charge on any atom is 0.225 e. The van der Waals surface area contributed by atoms with E-state index in [9.17, 15) is 9.59 Å². The Morgan fingerprint density at radius 2 is 2.35 bits per heavy atom. The van der Waals surface area contributed by atoms with Gasteiger partial charge in [0, 0.05) is 20.1 Å². The van der Waals surface area contributed by atoms with Crippen molar-refractivity contribution in [3.8, 4) is 0 Å². The highest BCUT2D eigenvalue weighted by atomic mass is 16.5. The van der Waals surface area contributed by atoms with Gasteiger partial charge < -0.3 is 15.4 Å². The normalized spacial score (nSPS) is 26.9. The van der Waals surface area contributed by atoms with Gasteiger partial charge in [-0.2, -0.15) is 0 Å². The van der Waals surface area contributed by atoms with Gasteiger partial charge in [0.25, 0.3) is 0 Å². The fourth-order valence-corrected chi connectivity index (χ4v) is 2.51. The van der Waals surface area contributed by atoms with E-state index in [4.69, 9.17) is 4.74 Å². The maximum absolute atomic E-state index is 12.1. The number of piperidine rings is 1. The first kappa shape index (κ1) is 12.4. The third-order valence-electron chi connectivity index (χ3n) is 3.76. The molecule has 1 atom stereocenters. The van der Waals surface area contributed by atoms with Crippen LogP contribution in [0, 0.1) is 5.92 Å². The number of amides is 2. The molecule has 0 aromatic carbocycles. The number of hydrogen-bond donors (Lipinski definition) is 2. The second kappa shape index (κ2) is 5.04. The van der Waals surface area contributed by atoms with E-state index in [0.29, 0.717) is 26.0 Å². The van der Waals surface area contributed by atoms with Crippen LogP contribution in [0.15, 0.2) is 0 Å². The van der Waals surface area contributed by atoms with Crippen LogP contribution in [0.1, 0.15) is 32.1 Å². The van der Waals surface area contributed by atoms with Crippen LogP contribution in [0.3, 0.4) is 0 Å². The van der Waals surface area contributed by atoms with Gasteiger partial charge in [-0.25, -0.2) is 0 Å². The Balaban J connectivity index is 1.85. The van der Waals surface area contributed by atoms with Crippen molar-refractivity contribution in [2.75, 3.05) is 20.3 Å². The van der Waals surface area contributed by atoms with E-state index >= 15 is 0 Å². The van der Waals surface area contributed by atoms with Crippen LogP contribution in [0.2, 0.25) is 0 Å². The van der Waals surface area contributed by atoms with E-state index in [1.54, 1.807) is 7.11 Å². The molecule has 1 unspecified atom stereocenters. The summed E-state index contributed by atoms with van der Waals surface area (Å²) in [4.78, 5) is 23.1. The molecule has 0 spiro atoms. The summed E-state index contributed by atoms with van der Waals surface area (Å²) in [5, 5.41) is 5.84. The van der Waals surface area contributed by atoms with Gasteiger partial charge in [0.05, 0.1) is 18.1 Å². The minimum atomic E-state index is -0.146. The van der Waals surface area contributed by atoms with Gasteiger partial charge in [0.1, 0.15) is 0 Å². The van der Waals surface area contributed by atoms with Gasteiger partial charge in [-0.15, -0.1) is 0 Å². The SMILES string of the molecule is COCC1(NC(=O)C2CCC(=O)NC2)CCC1. The molecule has 1 heterocycles. The van der Waals surface area contributed by atoms with Crippen LogP contribution in [-0.2, 0) is 14.3 Å². The quantitative estimate of drug-likeness (QED) is 0.737. The smallest absolute Gasteiger partial charge is 0.225 e. The maximum atomic E-state index is 12.1. The molecule has 0 aromatic rings. The van der Waals surface area contributed by atoms with Crippen LogP contribution >= 0.6 is 0 Å². The number of hydrogen-bond acceptors (Lipinski definition) is 3. The van der Waals surface area contributed by atoms with E-state index in [1.165, 1.54) is 0 Å². The molecule has 0 bridgehead atoms. The van der Waals surface area contributed by atoms with Gasteiger partial charge in [-0.1, -0.05) is 0 Å². The van der Waals surface area contributed by atoms with Gasteiger partial charge in [0.15, 0.2) is 0 Å². The average molecular weight is 240 g/mol. The molecule has 0 aromatic heterocycles. The second-order valence-corrected chi connectivity index (χ2v) is 5.10. The molecule has 1 saturated carbocycles. The van der Waals surface area contributed by atoms with Crippen LogP contribution < -0.4 is 10.6 Å². The van der Waals surface area contributed by atoms with Crippen molar-refractivity contribution in [2.24, 2.45) is 5.92 Å². The Kier molecular flexibility index (Phi) is 3.66. The molecular formula is C12H20N2O3. The first-order chi connectivity index (χ1) is 8.15. The molecule has 0 radical (unpaired) electrons. The standard InChI is InChI=1S/C12H20N2O3/c1-17-8-12(5-2-6-12)14-11(16)9-3-4-10(15)13-7-9/h9H,2-8H2,1H3,(H,13,15)(H,14,16). The summed E-state index contributed by atoms with van der Waals surface area (Å²) in [5.41, 5.74) is -0.146. The van der Waals surface area contributed by atoms with Gasteiger partial charge in [0.2, 0.25) is 11.8 Å². The summed E-state index contributed by atoms with van der Waals surface area (Å²) in [6, 6.07) is 0. The van der Waals surface area contributed by atoms with E-state index in [0.717, 1.165) is 19.3 Å². The lowest BCUT2D eigenvalue weighted by molar-refractivity contribution is -0.132. The summed E-state index contributed by atoms with van der Waals surface area (Å²) < 4.78 is 5.17. The zero-order chi connectivity index (χ0) is 12.3. The molecule has 1 saturated heterocycles. The largest absolute Gasteiger partial charge is 0.382 e.